The fraction of sp³-hybridized carbons (Fsp3) is 0.417. The third-order valence-electron chi connectivity index (χ3n) is 3.39. The van der Waals surface area contributed by atoms with Gasteiger partial charge in [-0.3, -0.25) is 14.8 Å². The first-order valence-electron chi connectivity index (χ1n) is 5.69. The fourth-order valence-electron chi connectivity index (χ4n) is 2.45. The van der Waals surface area contributed by atoms with Gasteiger partial charge in [-0.1, -0.05) is 15.9 Å². The zero-order valence-electron chi connectivity index (χ0n) is 9.24. The lowest BCUT2D eigenvalue weighted by molar-refractivity contribution is -0.123. The Labute approximate surface area is 108 Å². The molecule has 1 unspecified atom stereocenters. The van der Waals surface area contributed by atoms with E-state index in [4.69, 9.17) is 0 Å². The highest BCUT2D eigenvalue weighted by atomic mass is 79.9. The van der Waals surface area contributed by atoms with Gasteiger partial charge in [-0.2, -0.15) is 0 Å². The number of halogens is 1. The van der Waals surface area contributed by atoms with Crippen molar-refractivity contribution < 1.29 is 4.79 Å². The molecule has 0 radical (unpaired) electrons. The van der Waals surface area contributed by atoms with Crippen LogP contribution in [0.5, 0.6) is 0 Å². The minimum Gasteiger partial charge on any atom is -0.354 e. The average Bonchev–Trinajstić information content (AvgIpc) is 2.89. The van der Waals surface area contributed by atoms with Gasteiger partial charge < -0.3 is 5.32 Å². The van der Waals surface area contributed by atoms with Crippen LogP contribution in [0.3, 0.4) is 0 Å². The van der Waals surface area contributed by atoms with Crippen molar-refractivity contribution in [3.63, 3.8) is 0 Å². The second kappa shape index (κ2) is 3.91. The van der Waals surface area contributed by atoms with Crippen LogP contribution < -0.4 is 5.32 Å². The van der Waals surface area contributed by atoms with E-state index in [0.717, 1.165) is 41.7 Å². The number of aliphatic imine (C=N–C) groups is 1. The quantitative estimate of drug-likeness (QED) is 0.857. The monoisotopic (exact) mass is 293 g/mol. The number of carbonyl (C=O) groups excluding carboxylic acids is 1. The van der Waals surface area contributed by atoms with E-state index >= 15 is 0 Å². The zero-order chi connectivity index (χ0) is 11.9. The Morgan fingerprint density at radius 1 is 1.41 bits per heavy atom. The van der Waals surface area contributed by atoms with E-state index in [1.165, 1.54) is 0 Å². The van der Waals surface area contributed by atoms with Crippen molar-refractivity contribution in [2.45, 2.75) is 24.8 Å². The molecule has 17 heavy (non-hydrogen) atoms. The summed E-state index contributed by atoms with van der Waals surface area (Å²) in [5.74, 6) is 0.0718. The number of rotatable bonds is 1. The normalized spacial score (nSPS) is 27.4. The molecule has 3 heterocycles. The number of pyridine rings is 1. The Balaban J connectivity index is 1.96. The number of nitrogens with one attached hydrogen (secondary N) is 1. The van der Waals surface area contributed by atoms with E-state index in [9.17, 15) is 4.79 Å². The number of carbonyl (C=O) groups is 1. The van der Waals surface area contributed by atoms with Crippen LogP contribution in [0.15, 0.2) is 27.8 Å². The van der Waals surface area contributed by atoms with Crippen LogP contribution in [0.2, 0.25) is 0 Å². The molecule has 1 spiro atoms. The smallest absolute Gasteiger partial charge is 0.248 e. The van der Waals surface area contributed by atoms with Crippen molar-refractivity contribution in [2.24, 2.45) is 4.99 Å². The summed E-state index contributed by atoms with van der Waals surface area (Å²) in [6.45, 7) is 0.738. The van der Waals surface area contributed by atoms with Gasteiger partial charge in [-0.25, -0.2) is 0 Å². The van der Waals surface area contributed by atoms with Gasteiger partial charge in [0.15, 0.2) is 0 Å². The summed E-state index contributed by atoms with van der Waals surface area (Å²) < 4.78 is 0.988. The predicted molar refractivity (Wildman–Crippen MR) is 68.1 cm³/mol. The summed E-state index contributed by atoms with van der Waals surface area (Å²) in [6, 6.07) is 3.84. The van der Waals surface area contributed by atoms with E-state index in [1.54, 1.807) is 6.20 Å². The molecule has 2 aliphatic heterocycles. The molecule has 0 bridgehead atoms. The van der Waals surface area contributed by atoms with Crippen molar-refractivity contribution in [3.05, 3.63) is 28.5 Å². The highest BCUT2D eigenvalue weighted by Gasteiger charge is 2.45. The molecule has 1 saturated heterocycles. The van der Waals surface area contributed by atoms with Gasteiger partial charge in [-0.15, -0.1) is 0 Å². The first kappa shape index (κ1) is 10.9. The van der Waals surface area contributed by atoms with Crippen molar-refractivity contribution in [1.29, 1.82) is 0 Å². The fourth-order valence-corrected chi connectivity index (χ4v) is 2.78. The molecule has 1 aromatic rings. The summed E-state index contributed by atoms with van der Waals surface area (Å²) in [7, 11) is 0. The first-order valence-corrected chi connectivity index (χ1v) is 6.48. The van der Waals surface area contributed by atoms with E-state index in [1.807, 2.05) is 12.1 Å². The molecule has 0 aliphatic carbocycles. The van der Waals surface area contributed by atoms with Crippen LogP contribution in [0.25, 0.3) is 0 Å². The van der Waals surface area contributed by atoms with Crippen LogP contribution in [-0.4, -0.2) is 28.7 Å². The maximum Gasteiger partial charge on any atom is 0.248 e. The summed E-state index contributed by atoms with van der Waals surface area (Å²) in [6.07, 6.45) is 4.20. The number of amides is 1. The standard InChI is InChI=1S/C12H12BrN3O/c13-8-2-5-14-10(7-8)9-1-3-12(16-9)4-6-15-11(12)17/h2,5,7H,1,3-4,6H2,(H,15,17). The predicted octanol–water partition coefficient (Wildman–Crippen LogP) is 1.69. The maximum absolute atomic E-state index is 11.8. The molecular weight excluding hydrogens is 282 g/mol. The summed E-state index contributed by atoms with van der Waals surface area (Å²) in [5, 5.41) is 2.86. The molecule has 1 N–H and O–H groups in total. The molecule has 2 aliphatic rings. The van der Waals surface area contributed by atoms with E-state index < -0.39 is 5.54 Å². The third kappa shape index (κ3) is 1.78. The number of aromatic nitrogens is 1. The zero-order valence-corrected chi connectivity index (χ0v) is 10.8. The Hall–Kier alpha value is -1.23. The minimum absolute atomic E-state index is 0.0718. The van der Waals surface area contributed by atoms with Crippen molar-refractivity contribution >= 4 is 27.5 Å². The van der Waals surface area contributed by atoms with E-state index in [2.05, 4.69) is 31.2 Å². The number of hydrogen-bond donors (Lipinski definition) is 1. The average molecular weight is 294 g/mol. The summed E-state index contributed by atoms with van der Waals surface area (Å²) >= 11 is 3.42. The highest BCUT2D eigenvalue weighted by molar-refractivity contribution is 9.10. The van der Waals surface area contributed by atoms with Crippen molar-refractivity contribution in [3.8, 4) is 0 Å². The lowest BCUT2D eigenvalue weighted by Gasteiger charge is -2.14. The Morgan fingerprint density at radius 3 is 3.00 bits per heavy atom. The summed E-state index contributed by atoms with van der Waals surface area (Å²) in [5.41, 5.74) is 1.32. The van der Waals surface area contributed by atoms with Gasteiger partial charge in [0.1, 0.15) is 5.54 Å². The van der Waals surface area contributed by atoms with Crippen LogP contribution in [0.4, 0.5) is 0 Å². The molecule has 88 valence electrons. The lowest BCUT2D eigenvalue weighted by Crippen LogP contribution is -2.33. The molecule has 5 heteroatoms. The SMILES string of the molecule is O=C1NCCC12CCC(c1cc(Br)ccn1)=N2. The van der Waals surface area contributed by atoms with Gasteiger partial charge in [-0.05, 0) is 31.4 Å². The largest absolute Gasteiger partial charge is 0.354 e. The highest BCUT2D eigenvalue weighted by Crippen LogP contribution is 2.34. The summed E-state index contributed by atoms with van der Waals surface area (Å²) in [4.78, 5) is 20.7. The number of nitrogens with zero attached hydrogens (tertiary/aromatic N) is 2. The molecule has 1 amide bonds. The van der Waals surface area contributed by atoms with E-state index in [0.29, 0.717) is 0 Å². The molecular formula is C12H12BrN3O. The molecule has 4 nitrogen and oxygen atoms in total. The third-order valence-corrected chi connectivity index (χ3v) is 3.88. The molecule has 1 fully saturated rings. The van der Waals surface area contributed by atoms with Gasteiger partial charge in [0.25, 0.3) is 0 Å². The van der Waals surface area contributed by atoms with Crippen molar-refractivity contribution in [2.75, 3.05) is 6.54 Å². The Kier molecular flexibility index (Phi) is 2.50. The second-order valence-electron chi connectivity index (χ2n) is 4.46. The first-order chi connectivity index (χ1) is 8.20. The Morgan fingerprint density at radius 2 is 2.29 bits per heavy atom. The topological polar surface area (TPSA) is 54.4 Å². The second-order valence-corrected chi connectivity index (χ2v) is 5.37. The van der Waals surface area contributed by atoms with Gasteiger partial charge >= 0.3 is 0 Å². The molecule has 3 rings (SSSR count). The van der Waals surface area contributed by atoms with Gasteiger partial charge in [0, 0.05) is 17.2 Å². The van der Waals surface area contributed by atoms with Gasteiger partial charge in [0.2, 0.25) is 5.91 Å². The van der Waals surface area contributed by atoms with E-state index in [-0.39, 0.29) is 5.91 Å². The van der Waals surface area contributed by atoms with Gasteiger partial charge in [0.05, 0.1) is 11.4 Å². The molecule has 1 aromatic heterocycles. The number of hydrogen-bond acceptors (Lipinski definition) is 3. The molecule has 1 atom stereocenters. The Bertz CT molecular complexity index is 514. The van der Waals surface area contributed by atoms with Crippen LogP contribution in [-0.2, 0) is 4.79 Å². The van der Waals surface area contributed by atoms with Crippen LogP contribution in [0, 0.1) is 0 Å². The minimum atomic E-state index is -0.501. The van der Waals surface area contributed by atoms with Crippen LogP contribution in [0.1, 0.15) is 25.0 Å². The van der Waals surface area contributed by atoms with Crippen LogP contribution >= 0.6 is 15.9 Å². The molecule has 0 aromatic carbocycles. The maximum atomic E-state index is 11.8. The molecule has 0 saturated carbocycles. The van der Waals surface area contributed by atoms with Crippen molar-refractivity contribution in [1.82, 2.24) is 10.3 Å². The lowest BCUT2D eigenvalue weighted by atomic mass is 9.95.